The minimum Gasteiger partial charge on any atom is -0.381 e. The van der Waals surface area contributed by atoms with Gasteiger partial charge in [0.25, 0.3) is 0 Å². The minimum absolute atomic E-state index is 0.444. The molecule has 1 aliphatic heterocycles. The fraction of sp³-hybridized carbons (Fsp3) is 0.500. The molecule has 0 radical (unpaired) electrons. The van der Waals surface area contributed by atoms with E-state index in [1.807, 2.05) is 24.4 Å². The van der Waals surface area contributed by atoms with Gasteiger partial charge in [-0.25, -0.2) is 0 Å². The van der Waals surface area contributed by atoms with Gasteiger partial charge in [0.2, 0.25) is 0 Å². The summed E-state index contributed by atoms with van der Waals surface area (Å²) in [6, 6.07) is 12.2. The van der Waals surface area contributed by atoms with Crippen LogP contribution in [0.2, 0.25) is 0 Å². The molecule has 1 aromatic carbocycles. The van der Waals surface area contributed by atoms with Gasteiger partial charge in [0, 0.05) is 44.9 Å². The second-order valence-corrected chi connectivity index (χ2v) is 7.33. The normalized spacial score (nSPS) is 20.7. The molecule has 5 heteroatoms. The van der Waals surface area contributed by atoms with Crippen molar-refractivity contribution in [1.29, 1.82) is 5.26 Å². The summed E-state index contributed by atoms with van der Waals surface area (Å²) in [5.41, 5.74) is 3.16. The Morgan fingerprint density at radius 1 is 1.16 bits per heavy atom. The first kappa shape index (κ1) is 16.3. The molecule has 5 nitrogen and oxygen atoms in total. The van der Waals surface area contributed by atoms with Gasteiger partial charge < -0.3 is 4.74 Å². The molecule has 0 N–H and O–H groups in total. The summed E-state index contributed by atoms with van der Waals surface area (Å²) in [6.45, 7) is 5.35. The van der Waals surface area contributed by atoms with E-state index in [4.69, 9.17) is 10.00 Å². The van der Waals surface area contributed by atoms with Crippen molar-refractivity contribution in [2.24, 2.45) is 11.8 Å². The molecule has 2 aliphatic rings. The maximum Gasteiger partial charge on any atom is 0.0991 e. The van der Waals surface area contributed by atoms with Crippen LogP contribution in [0.3, 0.4) is 0 Å². The zero-order valence-electron chi connectivity index (χ0n) is 14.5. The quantitative estimate of drug-likeness (QED) is 0.814. The molecule has 2 heterocycles. The Labute approximate surface area is 148 Å². The van der Waals surface area contributed by atoms with Gasteiger partial charge in [0.05, 0.1) is 23.9 Å². The van der Waals surface area contributed by atoms with Crippen molar-refractivity contribution in [2.75, 3.05) is 19.8 Å². The summed E-state index contributed by atoms with van der Waals surface area (Å²) in [5.74, 6) is 1.25. The van der Waals surface area contributed by atoms with E-state index in [0.717, 1.165) is 50.9 Å². The fourth-order valence-electron chi connectivity index (χ4n) is 3.53. The molecule has 0 bridgehead atoms. The van der Waals surface area contributed by atoms with Crippen molar-refractivity contribution >= 4 is 0 Å². The highest BCUT2D eigenvalue weighted by atomic mass is 16.5. The second kappa shape index (κ2) is 7.38. The zero-order valence-corrected chi connectivity index (χ0v) is 14.5. The van der Waals surface area contributed by atoms with Gasteiger partial charge in [-0.3, -0.25) is 9.58 Å². The molecule has 0 amide bonds. The summed E-state index contributed by atoms with van der Waals surface area (Å²) in [5, 5.41) is 13.6. The molecule has 1 unspecified atom stereocenters. The first-order chi connectivity index (χ1) is 12.3. The molecule has 1 atom stereocenters. The minimum atomic E-state index is 0.444. The van der Waals surface area contributed by atoms with Crippen LogP contribution in [0.15, 0.2) is 36.5 Å². The molecule has 130 valence electrons. The van der Waals surface area contributed by atoms with Gasteiger partial charge >= 0.3 is 0 Å². The van der Waals surface area contributed by atoms with Gasteiger partial charge in [-0.2, -0.15) is 10.4 Å². The largest absolute Gasteiger partial charge is 0.381 e. The van der Waals surface area contributed by atoms with Crippen molar-refractivity contribution in [3.05, 3.63) is 53.3 Å². The Bertz CT molecular complexity index is 759. The highest BCUT2D eigenvalue weighted by molar-refractivity contribution is 5.32. The van der Waals surface area contributed by atoms with Crippen LogP contribution in [0.25, 0.3) is 0 Å². The topological polar surface area (TPSA) is 54.1 Å². The number of hydrogen-bond donors (Lipinski definition) is 0. The van der Waals surface area contributed by atoms with Crippen molar-refractivity contribution in [3.8, 4) is 6.07 Å². The lowest BCUT2D eigenvalue weighted by molar-refractivity contribution is 0.0696. The van der Waals surface area contributed by atoms with E-state index in [2.05, 4.69) is 32.9 Å². The van der Waals surface area contributed by atoms with E-state index >= 15 is 0 Å². The van der Waals surface area contributed by atoms with E-state index < -0.39 is 0 Å². The fourth-order valence-corrected chi connectivity index (χ4v) is 3.53. The molecule has 0 spiro atoms. The average Bonchev–Trinajstić information content (AvgIpc) is 3.37. The van der Waals surface area contributed by atoms with Crippen molar-refractivity contribution in [3.63, 3.8) is 0 Å². The lowest BCUT2D eigenvalue weighted by atomic mass is 10.1. The van der Waals surface area contributed by atoms with Gasteiger partial charge in [0.1, 0.15) is 0 Å². The smallest absolute Gasteiger partial charge is 0.0991 e. The first-order valence-electron chi connectivity index (χ1n) is 9.10. The summed E-state index contributed by atoms with van der Waals surface area (Å²) >= 11 is 0. The molecular weight excluding hydrogens is 312 g/mol. The molecule has 1 aromatic heterocycles. The molecule has 0 saturated heterocycles. The van der Waals surface area contributed by atoms with E-state index in [1.54, 1.807) is 0 Å². The number of hydrogen-bond acceptors (Lipinski definition) is 4. The maximum absolute atomic E-state index is 9.11. The third-order valence-electron chi connectivity index (χ3n) is 5.00. The predicted molar refractivity (Wildman–Crippen MR) is 94.5 cm³/mol. The standard InChI is InChI=1S/C20H24N4O/c21-9-17-2-1-3-18(8-17)10-23-11-19(15-25-14-16-4-5-16)12-24-20(13-23)6-7-22-24/h1-3,6-8,16,19H,4-5,10-15H2. The van der Waals surface area contributed by atoms with E-state index in [1.165, 1.54) is 24.1 Å². The Morgan fingerprint density at radius 3 is 2.88 bits per heavy atom. The summed E-state index contributed by atoms with van der Waals surface area (Å²) in [6.07, 6.45) is 4.54. The number of ether oxygens (including phenoxy) is 1. The van der Waals surface area contributed by atoms with Crippen LogP contribution in [0, 0.1) is 23.2 Å². The molecular formula is C20H24N4O. The Hall–Kier alpha value is -2.16. The van der Waals surface area contributed by atoms with Gasteiger partial charge in [-0.1, -0.05) is 12.1 Å². The number of rotatable bonds is 6. The highest BCUT2D eigenvalue weighted by Gasteiger charge is 2.25. The number of aromatic nitrogens is 2. The van der Waals surface area contributed by atoms with Crippen LogP contribution in [-0.4, -0.2) is 34.4 Å². The summed E-state index contributed by atoms with van der Waals surface area (Å²) < 4.78 is 8.09. The van der Waals surface area contributed by atoms with Crippen LogP contribution in [-0.2, 0) is 24.4 Å². The SMILES string of the molecule is N#Cc1cccc(CN2Cc3ccnn3CC(COCC3CC3)C2)c1. The Balaban J connectivity index is 1.44. The average molecular weight is 336 g/mol. The van der Waals surface area contributed by atoms with Crippen LogP contribution in [0.1, 0.15) is 29.7 Å². The maximum atomic E-state index is 9.11. The van der Waals surface area contributed by atoms with Crippen molar-refractivity contribution in [1.82, 2.24) is 14.7 Å². The van der Waals surface area contributed by atoms with Crippen molar-refractivity contribution < 1.29 is 4.74 Å². The lowest BCUT2D eigenvalue weighted by Crippen LogP contribution is -2.30. The Morgan fingerprint density at radius 2 is 2.04 bits per heavy atom. The zero-order chi connectivity index (χ0) is 17.1. The van der Waals surface area contributed by atoms with Gasteiger partial charge in [-0.15, -0.1) is 0 Å². The first-order valence-corrected chi connectivity index (χ1v) is 9.10. The Kier molecular flexibility index (Phi) is 4.82. The monoisotopic (exact) mass is 336 g/mol. The van der Waals surface area contributed by atoms with Gasteiger partial charge in [-0.05, 0) is 42.5 Å². The van der Waals surface area contributed by atoms with E-state index in [9.17, 15) is 0 Å². The van der Waals surface area contributed by atoms with Crippen molar-refractivity contribution in [2.45, 2.75) is 32.5 Å². The van der Waals surface area contributed by atoms with E-state index in [-0.39, 0.29) is 0 Å². The van der Waals surface area contributed by atoms with Gasteiger partial charge in [0.15, 0.2) is 0 Å². The third kappa shape index (κ3) is 4.28. The van der Waals surface area contributed by atoms with Crippen LogP contribution >= 0.6 is 0 Å². The number of nitrogens with zero attached hydrogens (tertiary/aromatic N) is 4. The van der Waals surface area contributed by atoms with Crippen LogP contribution in [0.5, 0.6) is 0 Å². The van der Waals surface area contributed by atoms with Crippen LogP contribution in [0.4, 0.5) is 0 Å². The number of fused-ring (bicyclic) bond motifs is 1. The number of nitriles is 1. The molecule has 2 aromatic rings. The highest BCUT2D eigenvalue weighted by Crippen LogP contribution is 2.29. The molecule has 1 saturated carbocycles. The molecule has 4 rings (SSSR count). The predicted octanol–water partition coefficient (Wildman–Crippen LogP) is 2.81. The lowest BCUT2D eigenvalue weighted by Gasteiger charge is -2.24. The third-order valence-corrected chi connectivity index (χ3v) is 5.00. The van der Waals surface area contributed by atoms with E-state index in [0.29, 0.717) is 5.92 Å². The summed E-state index contributed by atoms with van der Waals surface area (Å²) in [7, 11) is 0. The molecule has 1 fully saturated rings. The molecule has 25 heavy (non-hydrogen) atoms. The second-order valence-electron chi connectivity index (χ2n) is 7.33. The summed E-state index contributed by atoms with van der Waals surface area (Å²) in [4.78, 5) is 2.45. The number of benzene rings is 1. The molecule has 1 aliphatic carbocycles. The van der Waals surface area contributed by atoms with Crippen LogP contribution < -0.4 is 0 Å².